The lowest BCUT2D eigenvalue weighted by molar-refractivity contribution is -0.114. The summed E-state index contributed by atoms with van der Waals surface area (Å²) in [6.07, 6.45) is 0. The van der Waals surface area contributed by atoms with Gasteiger partial charge in [-0.2, -0.15) is 0 Å². The second-order valence-electron chi connectivity index (χ2n) is 4.01. The molecule has 0 bridgehead atoms. The zero-order valence-electron chi connectivity index (χ0n) is 10.0. The van der Waals surface area contributed by atoms with Crippen molar-refractivity contribution in [1.29, 1.82) is 0 Å². The topological polar surface area (TPSA) is 58.4 Å². The van der Waals surface area contributed by atoms with Crippen LogP contribution in [0.2, 0.25) is 0 Å². The van der Waals surface area contributed by atoms with Crippen LogP contribution in [0.1, 0.15) is 13.8 Å². The Morgan fingerprint density at radius 3 is 2.75 bits per heavy atom. The normalized spacial score (nSPS) is 10.3. The Balaban J connectivity index is 2.82. The molecule has 0 spiro atoms. The van der Waals surface area contributed by atoms with Crippen molar-refractivity contribution in [2.24, 2.45) is 5.73 Å². The molecule has 16 heavy (non-hydrogen) atoms. The molecule has 0 atom stereocenters. The molecule has 0 heterocycles. The molecule has 1 aromatic carbocycles. The first kappa shape index (κ1) is 12.5. The molecular weight excluding hydrogens is 202 g/mol. The predicted molar refractivity (Wildman–Crippen MR) is 67.7 cm³/mol. The van der Waals surface area contributed by atoms with Crippen LogP contribution in [0, 0.1) is 0 Å². The van der Waals surface area contributed by atoms with Crippen LogP contribution < -0.4 is 16.0 Å². The molecule has 0 fully saturated rings. The number of nitrogens with zero attached hydrogens (tertiary/aromatic N) is 1. The quantitative estimate of drug-likeness (QED) is 0.808. The number of carbonyl (C=O) groups excluding carboxylic acids is 1. The minimum atomic E-state index is -0.177. The van der Waals surface area contributed by atoms with Crippen molar-refractivity contribution in [3.05, 3.63) is 24.3 Å². The Labute approximate surface area is 96.4 Å². The number of hydrogen-bond donors (Lipinski definition) is 2. The predicted octanol–water partition coefficient (Wildman–Crippen LogP) is 1.43. The van der Waals surface area contributed by atoms with Gasteiger partial charge in [-0.1, -0.05) is 6.07 Å². The average Bonchev–Trinajstić information content (AvgIpc) is 2.28. The Hall–Kier alpha value is -1.55. The van der Waals surface area contributed by atoms with E-state index in [4.69, 9.17) is 5.73 Å². The van der Waals surface area contributed by atoms with Crippen molar-refractivity contribution in [1.82, 2.24) is 0 Å². The number of anilines is 2. The van der Waals surface area contributed by atoms with E-state index >= 15 is 0 Å². The van der Waals surface area contributed by atoms with Gasteiger partial charge in [0.1, 0.15) is 0 Å². The number of carbonyl (C=O) groups is 1. The monoisotopic (exact) mass is 221 g/mol. The van der Waals surface area contributed by atoms with E-state index in [1.165, 1.54) is 0 Å². The van der Waals surface area contributed by atoms with E-state index < -0.39 is 0 Å². The van der Waals surface area contributed by atoms with E-state index in [0.29, 0.717) is 6.04 Å². The van der Waals surface area contributed by atoms with Crippen LogP contribution in [-0.4, -0.2) is 25.5 Å². The van der Waals surface area contributed by atoms with E-state index in [0.717, 1.165) is 11.4 Å². The summed E-state index contributed by atoms with van der Waals surface area (Å²) in [7, 11) is 2.02. The molecule has 0 unspecified atom stereocenters. The van der Waals surface area contributed by atoms with Crippen molar-refractivity contribution >= 4 is 17.3 Å². The van der Waals surface area contributed by atoms with E-state index in [2.05, 4.69) is 24.1 Å². The lowest BCUT2D eigenvalue weighted by atomic mass is 10.2. The third-order valence-corrected chi connectivity index (χ3v) is 2.50. The van der Waals surface area contributed by atoms with Crippen LogP contribution in [0.3, 0.4) is 0 Å². The molecule has 4 heteroatoms. The molecule has 1 amide bonds. The molecule has 0 saturated carbocycles. The summed E-state index contributed by atoms with van der Waals surface area (Å²) in [5.74, 6) is -0.177. The van der Waals surface area contributed by atoms with E-state index in [9.17, 15) is 4.79 Å². The van der Waals surface area contributed by atoms with Gasteiger partial charge in [0.15, 0.2) is 0 Å². The smallest absolute Gasteiger partial charge is 0.238 e. The van der Waals surface area contributed by atoms with Crippen molar-refractivity contribution in [3.8, 4) is 0 Å². The molecule has 1 aromatic rings. The van der Waals surface area contributed by atoms with Gasteiger partial charge in [-0.3, -0.25) is 4.79 Å². The second kappa shape index (κ2) is 5.51. The summed E-state index contributed by atoms with van der Waals surface area (Å²) in [5.41, 5.74) is 7.10. The third-order valence-electron chi connectivity index (χ3n) is 2.50. The molecule has 88 valence electrons. The number of amides is 1. The van der Waals surface area contributed by atoms with Gasteiger partial charge in [0.25, 0.3) is 0 Å². The number of hydrogen-bond acceptors (Lipinski definition) is 3. The Morgan fingerprint density at radius 1 is 1.50 bits per heavy atom. The Bertz CT molecular complexity index is 363. The molecule has 4 nitrogen and oxygen atoms in total. The highest BCUT2D eigenvalue weighted by Crippen LogP contribution is 2.19. The van der Waals surface area contributed by atoms with Gasteiger partial charge < -0.3 is 16.0 Å². The van der Waals surface area contributed by atoms with Crippen LogP contribution >= 0.6 is 0 Å². The third kappa shape index (κ3) is 3.24. The summed E-state index contributed by atoms with van der Waals surface area (Å²) in [5, 5.41) is 2.74. The van der Waals surface area contributed by atoms with Crippen molar-refractivity contribution < 1.29 is 4.79 Å². The molecule has 0 aliphatic heterocycles. The molecule has 0 aliphatic carbocycles. The van der Waals surface area contributed by atoms with E-state index in [-0.39, 0.29) is 12.5 Å². The lowest BCUT2D eigenvalue weighted by Crippen LogP contribution is -2.26. The fourth-order valence-corrected chi connectivity index (χ4v) is 1.31. The zero-order valence-corrected chi connectivity index (χ0v) is 10.0. The van der Waals surface area contributed by atoms with Crippen LogP contribution in [0.5, 0.6) is 0 Å². The van der Waals surface area contributed by atoms with Crippen molar-refractivity contribution in [3.63, 3.8) is 0 Å². The maximum Gasteiger partial charge on any atom is 0.238 e. The Morgan fingerprint density at radius 2 is 2.19 bits per heavy atom. The van der Waals surface area contributed by atoms with E-state index in [1.807, 2.05) is 31.3 Å². The van der Waals surface area contributed by atoms with Gasteiger partial charge in [-0.15, -0.1) is 0 Å². The summed E-state index contributed by atoms with van der Waals surface area (Å²) in [6.45, 7) is 4.24. The highest BCUT2D eigenvalue weighted by atomic mass is 16.1. The maximum atomic E-state index is 11.1. The van der Waals surface area contributed by atoms with Gasteiger partial charge >= 0.3 is 0 Å². The van der Waals surface area contributed by atoms with Gasteiger partial charge in [-0.25, -0.2) is 0 Å². The standard InChI is InChI=1S/C12H19N3O/c1-9(2)15(3)11-6-4-5-10(7-11)14-12(16)8-13/h4-7,9H,8,13H2,1-3H3,(H,14,16). The minimum absolute atomic E-state index is 0.00421. The minimum Gasteiger partial charge on any atom is -0.372 e. The number of nitrogens with two attached hydrogens (primary N) is 1. The van der Waals surface area contributed by atoms with Gasteiger partial charge in [-0.05, 0) is 32.0 Å². The molecule has 0 aromatic heterocycles. The zero-order chi connectivity index (χ0) is 12.1. The number of rotatable bonds is 4. The van der Waals surface area contributed by atoms with E-state index in [1.54, 1.807) is 0 Å². The number of nitrogens with one attached hydrogen (secondary N) is 1. The van der Waals surface area contributed by atoms with Gasteiger partial charge in [0.2, 0.25) is 5.91 Å². The fourth-order valence-electron chi connectivity index (χ4n) is 1.31. The van der Waals surface area contributed by atoms with Crippen LogP contribution in [-0.2, 0) is 4.79 Å². The molecule has 3 N–H and O–H groups in total. The molecule has 0 aliphatic rings. The molecule has 0 radical (unpaired) electrons. The highest BCUT2D eigenvalue weighted by Gasteiger charge is 2.06. The maximum absolute atomic E-state index is 11.1. The summed E-state index contributed by atoms with van der Waals surface area (Å²) < 4.78 is 0. The van der Waals surface area contributed by atoms with Gasteiger partial charge in [0, 0.05) is 24.5 Å². The summed E-state index contributed by atoms with van der Waals surface area (Å²) in [6, 6.07) is 8.14. The second-order valence-corrected chi connectivity index (χ2v) is 4.01. The fraction of sp³-hybridized carbons (Fsp3) is 0.417. The largest absolute Gasteiger partial charge is 0.372 e. The summed E-state index contributed by atoms with van der Waals surface area (Å²) >= 11 is 0. The molecule has 1 rings (SSSR count). The van der Waals surface area contributed by atoms with Crippen LogP contribution in [0.15, 0.2) is 24.3 Å². The van der Waals surface area contributed by atoms with Crippen LogP contribution in [0.25, 0.3) is 0 Å². The molecular formula is C12H19N3O. The average molecular weight is 221 g/mol. The van der Waals surface area contributed by atoms with Gasteiger partial charge in [0.05, 0.1) is 6.54 Å². The highest BCUT2D eigenvalue weighted by molar-refractivity contribution is 5.92. The van der Waals surface area contributed by atoms with Crippen molar-refractivity contribution in [2.45, 2.75) is 19.9 Å². The SMILES string of the molecule is CC(C)N(C)c1cccc(NC(=O)CN)c1. The first-order valence-electron chi connectivity index (χ1n) is 5.37. The summed E-state index contributed by atoms with van der Waals surface area (Å²) in [4.78, 5) is 13.3. The first-order valence-corrected chi connectivity index (χ1v) is 5.37. The van der Waals surface area contributed by atoms with Crippen molar-refractivity contribution in [2.75, 3.05) is 23.8 Å². The molecule has 0 saturated heterocycles. The number of benzene rings is 1. The first-order chi connectivity index (χ1) is 7.54. The van der Waals surface area contributed by atoms with Crippen LogP contribution in [0.4, 0.5) is 11.4 Å². The Kier molecular flexibility index (Phi) is 4.31. The lowest BCUT2D eigenvalue weighted by Gasteiger charge is -2.24.